The minimum absolute atomic E-state index is 0.00171. The van der Waals surface area contributed by atoms with E-state index in [-0.39, 0.29) is 18.4 Å². The molecule has 6 heteroatoms. The van der Waals surface area contributed by atoms with Gasteiger partial charge < -0.3 is 20.2 Å². The second kappa shape index (κ2) is 8.64. The first kappa shape index (κ1) is 18.9. The molecule has 0 spiro atoms. The largest absolute Gasteiger partial charge is 0.388 e. The molecule has 2 aliphatic heterocycles. The van der Waals surface area contributed by atoms with Gasteiger partial charge in [-0.05, 0) is 57.3 Å². The zero-order valence-electron chi connectivity index (χ0n) is 15.3. The summed E-state index contributed by atoms with van der Waals surface area (Å²) < 4.78 is 0. The molecule has 0 radical (unpaired) electrons. The summed E-state index contributed by atoms with van der Waals surface area (Å²) in [4.78, 5) is 28.6. The average molecular weight is 359 g/mol. The standard InChI is InChI=1S/C20H29N3O3/c24-18(15-21-19(25)17-7-2-1-3-8-17)23-13-6-9-20(26,10-14-23)16-22-11-4-5-12-22/h1-3,7-8,26H,4-6,9-16H2,(H,21,25)/t20-/m0/s1. The minimum Gasteiger partial charge on any atom is -0.388 e. The Morgan fingerprint density at radius 1 is 1.00 bits per heavy atom. The van der Waals surface area contributed by atoms with Crippen LogP contribution in [0.1, 0.15) is 42.5 Å². The topological polar surface area (TPSA) is 72.9 Å². The zero-order chi connectivity index (χ0) is 18.4. The molecule has 2 aliphatic rings. The van der Waals surface area contributed by atoms with E-state index >= 15 is 0 Å². The third-order valence-corrected chi connectivity index (χ3v) is 5.42. The van der Waals surface area contributed by atoms with Crippen molar-refractivity contribution in [3.05, 3.63) is 35.9 Å². The van der Waals surface area contributed by atoms with Crippen LogP contribution in [0.4, 0.5) is 0 Å². The fraction of sp³-hybridized carbons (Fsp3) is 0.600. The molecule has 6 nitrogen and oxygen atoms in total. The Morgan fingerprint density at radius 3 is 2.46 bits per heavy atom. The number of hydrogen-bond acceptors (Lipinski definition) is 4. The van der Waals surface area contributed by atoms with Crippen LogP contribution < -0.4 is 5.32 Å². The summed E-state index contributed by atoms with van der Waals surface area (Å²) in [5, 5.41) is 13.6. The van der Waals surface area contributed by atoms with Gasteiger partial charge >= 0.3 is 0 Å². The molecular weight excluding hydrogens is 330 g/mol. The van der Waals surface area contributed by atoms with Crippen molar-refractivity contribution in [3.8, 4) is 0 Å². The van der Waals surface area contributed by atoms with Gasteiger partial charge in [-0.3, -0.25) is 9.59 Å². The molecule has 3 rings (SSSR count). The zero-order valence-corrected chi connectivity index (χ0v) is 15.3. The van der Waals surface area contributed by atoms with Crippen molar-refractivity contribution in [1.29, 1.82) is 0 Å². The molecule has 0 unspecified atom stereocenters. The molecule has 0 aliphatic carbocycles. The average Bonchev–Trinajstić information content (AvgIpc) is 3.07. The number of hydrogen-bond donors (Lipinski definition) is 2. The maximum atomic E-state index is 12.5. The Hall–Kier alpha value is -1.92. The van der Waals surface area contributed by atoms with Gasteiger partial charge in [0.1, 0.15) is 0 Å². The molecule has 0 aromatic heterocycles. The highest BCUT2D eigenvalue weighted by Gasteiger charge is 2.33. The summed E-state index contributed by atoms with van der Waals surface area (Å²) in [6, 6.07) is 8.90. The van der Waals surface area contributed by atoms with Gasteiger partial charge in [-0.2, -0.15) is 0 Å². The SMILES string of the molecule is O=C(NCC(=O)N1CCC[C@@](O)(CN2CCCC2)CC1)c1ccccc1. The third-order valence-electron chi connectivity index (χ3n) is 5.42. The van der Waals surface area contributed by atoms with Crippen LogP contribution in [-0.4, -0.2) is 71.6 Å². The van der Waals surface area contributed by atoms with Gasteiger partial charge in [-0.15, -0.1) is 0 Å². The van der Waals surface area contributed by atoms with Crippen LogP contribution in [-0.2, 0) is 4.79 Å². The number of nitrogens with zero attached hydrogens (tertiary/aromatic N) is 2. The van der Waals surface area contributed by atoms with Crippen molar-refractivity contribution in [2.24, 2.45) is 0 Å². The quantitative estimate of drug-likeness (QED) is 0.830. The van der Waals surface area contributed by atoms with Gasteiger partial charge in [-0.1, -0.05) is 18.2 Å². The van der Waals surface area contributed by atoms with E-state index in [0.717, 1.165) is 25.9 Å². The van der Waals surface area contributed by atoms with E-state index < -0.39 is 5.60 Å². The highest BCUT2D eigenvalue weighted by Crippen LogP contribution is 2.25. The Bertz CT molecular complexity index is 616. The van der Waals surface area contributed by atoms with Gasteiger partial charge in [0.15, 0.2) is 0 Å². The third kappa shape index (κ3) is 5.05. The van der Waals surface area contributed by atoms with E-state index in [1.165, 1.54) is 12.8 Å². The first-order chi connectivity index (χ1) is 12.6. The minimum atomic E-state index is -0.702. The number of carbonyl (C=O) groups is 2. The highest BCUT2D eigenvalue weighted by atomic mass is 16.3. The first-order valence-corrected chi connectivity index (χ1v) is 9.62. The summed E-state index contributed by atoms with van der Waals surface area (Å²) >= 11 is 0. The van der Waals surface area contributed by atoms with Crippen molar-refractivity contribution in [1.82, 2.24) is 15.1 Å². The van der Waals surface area contributed by atoms with E-state index in [4.69, 9.17) is 0 Å². The summed E-state index contributed by atoms with van der Waals surface area (Å²) in [6.45, 7) is 4.03. The Labute approximate surface area is 155 Å². The van der Waals surface area contributed by atoms with E-state index in [2.05, 4.69) is 10.2 Å². The molecule has 2 heterocycles. The van der Waals surface area contributed by atoms with Crippen LogP contribution in [0.3, 0.4) is 0 Å². The summed E-state index contributed by atoms with van der Waals surface area (Å²) in [6.07, 6.45) is 4.54. The fourth-order valence-corrected chi connectivity index (χ4v) is 3.90. The summed E-state index contributed by atoms with van der Waals surface area (Å²) in [7, 11) is 0. The molecule has 2 amide bonds. The van der Waals surface area contributed by atoms with Gasteiger partial charge in [0, 0.05) is 25.2 Å². The molecule has 2 N–H and O–H groups in total. The maximum absolute atomic E-state index is 12.5. The van der Waals surface area contributed by atoms with Crippen LogP contribution in [0.25, 0.3) is 0 Å². The first-order valence-electron chi connectivity index (χ1n) is 9.62. The second-order valence-corrected chi connectivity index (χ2v) is 7.49. The van der Waals surface area contributed by atoms with Crippen LogP contribution in [0.5, 0.6) is 0 Å². The van der Waals surface area contributed by atoms with Crippen LogP contribution >= 0.6 is 0 Å². The van der Waals surface area contributed by atoms with E-state index in [1.807, 2.05) is 6.07 Å². The van der Waals surface area contributed by atoms with Crippen molar-refractivity contribution in [2.75, 3.05) is 39.3 Å². The predicted molar refractivity (Wildman–Crippen MR) is 99.8 cm³/mol. The van der Waals surface area contributed by atoms with E-state index in [1.54, 1.807) is 29.2 Å². The van der Waals surface area contributed by atoms with Gasteiger partial charge in [0.25, 0.3) is 5.91 Å². The Kier molecular flexibility index (Phi) is 6.27. The second-order valence-electron chi connectivity index (χ2n) is 7.49. The molecule has 1 aromatic carbocycles. The lowest BCUT2D eigenvalue weighted by molar-refractivity contribution is -0.130. The molecule has 2 saturated heterocycles. The van der Waals surface area contributed by atoms with Crippen molar-refractivity contribution >= 4 is 11.8 Å². The molecule has 26 heavy (non-hydrogen) atoms. The van der Waals surface area contributed by atoms with Gasteiger partial charge in [0.05, 0.1) is 12.1 Å². The van der Waals surface area contributed by atoms with Crippen LogP contribution in [0, 0.1) is 0 Å². The summed E-state index contributed by atoms with van der Waals surface area (Å²) in [5.41, 5.74) is -0.150. The maximum Gasteiger partial charge on any atom is 0.251 e. The number of likely N-dealkylation sites (tertiary alicyclic amines) is 2. The lowest BCUT2D eigenvalue weighted by Crippen LogP contribution is -2.44. The molecule has 2 fully saturated rings. The smallest absolute Gasteiger partial charge is 0.251 e. The van der Waals surface area contributed by atoms with E-state index in [0.29, 0.717) is 31.6 Å². The molecule has 1 atom stereocenters. The highest BCUT2D eigenvalue weighted by molar-refractivity contribution is 5.96. The number of β-amino-alcohol motifs (C(OH)–C–C–N with tert-alkyl or cyclic N) is 1. The summed E-state index contributed by atoms with van der Waals surface area (Å²) in [5.74, 6) is -0.320. The number of aliphatic hydroxyl groups is 1. The van der Waals surface area contributed by atoms with Crippen molar-refractivity contribution < 1.29 is 14.7 Å². The fourth-order valence-electron chi connectivity index (χ4n) is 3.90. The van der Waals surface area contributed by atoms with E-state index in [9.17, 15) is 14.7 Å². The molecule has 1 aromatic rings. The van der Waals surface area contributed by atoms with Gasteiger partial charge in [-0.25, -0.2) is 0 Å². The molecule has 142 valence electrons. The normalized spacial score (nSPS) is 24.3. The van der Waals surface area contributed by atoms with Crippen LogP contribution in [0.15, 0.2) is 30.3 Å². The number of benzene rings is 1. The predicted octanol–water partition coefficient (Wildman–Crippen LogP) is 1.26. The lowest BCUT2D eigenvalue weighted by atomic mass is 9.94. The molecule has 0 bridgehead atoms. The van der Waals surface area contributed by atoms with Crippen molar-refractivity contribution in [3.63, 3.8) is 0 Å². The van der Waals surface area contributed by atoms with Gasteiger partial charge in [0.2, 0.25) is 5.91 Å². The monoisotopic (exact) mass is 359 g/mol. The van der Waals surface area contributed by atoms with Crippen LogP contribution in [0.2, 0.25) is 0 Å². The Morgan fingerprint density at radius 2 is 1.73 bits per heavy atom. The number of nitrogens with one attached hydrogen (secondary N) is 1. The number of amides is 2. The Balaban J connectivity index is 1.47. The lowest BCUT2D eigenvalue weighted by Gasteiger charge is -2.31. The number of rotatable bonds is 5. The molecular formula is C20H29N3O3. The number of carbonyl (C=O) groups excluding carboxylic acids is 2. The van der Waals surface area contributed by atoms with Crippen molar-refractivity contribution in [2.45, 2.75) is 37.7 Å². The molecule has 0 saturated carbocycles.